The Kier molecular flexibility index (Phi) is 3.71. The molecule has 0 bridgehead atoms. The van der Waals surface area contributed by atoms with E-state index in [1.165, 1.54) is 12.3 Å². The predicted octanol–water partition coefficient (Wildman–Crippen LogP) is 1.77. The van der Waals surface area contributed by atoms with Crippen LogP contribution in [-0.4, -0.2) is 20.5 Å². The highest BCUT2D eigenvalue weighted by atomic mass is 79.9. The zero-order chi connectivity index (χ0) is 10.8. The zero-order valence-electron chi connectivity index (χ0n) is 6.90. The summed E-state index contributed by atoms with van der Waals surface area (Å²) < 4.78 is 30.9. The fourth-order valence-electron chi connectivity index (χ4n) is 0.606. The van der Waals surface area contributed by atoms with Crippen LogP contribution in [0.3, 0.4) is 0 Å². The average molecular weight is 303 g/mol. The molecule has 0 aromatic carbocycles. The highest BCUT2D eigenvalue weighted by molar-refractivity contribution is 9.10. The Morgan fingerprint density at radius 1 is 1.57 bits per heavy atom. The van der Waals surface area contributed by atoms with Crippen molar-refractivity contribution in [1.29, 1.82) is 0 Å². The minimum atomic E-state index is -4.06. The number of halogens is 2. The van der Waals surface area contributed by atoms with Crippen LogP contribution in [0.4, 0.5) is 0 Å². The van der Waals surface area contributed by atoms with E-state index in [0.717, 1.165) is 7.11 Å². The number of nitrogens with zero attached hydrogens (tertiary/aromatic N) is 1. The molecule has 0 aliphatic carbocycles. The molecule has 0 aliphatic heterocycles. The molecule has 5 nitrogen and oxygen atoms in total. The number of hydrogen-bond acceptors (Lipinski definition) is 5. The van der Waals surface area contributed by atoms with Gasteiger partial charge in [0.05, 0.1) is 7.11 Å². The van der Waals surface area contributed by atoms with Crippen LogP contribution in [0.5, 0.6) is 5.75 Å². The first-order valence-corrected chi connectivity index (χ1v) is 5.76. The van der Waals surface area contributed by atoms with E-state index in [9.17, 15) is 8.42 Å². The van der Waals surface area contributed by atoms with E-state index >= 15 is 0 Å². The molecule has 1 aromatic heterocycles. The van der Waals surface area contributed by atoms with Gasteiger partial charge in [-0.05, 0) is 15.9 Å². The minimum absolute atomic E-state index is 0.0613. The van der Waals surface area contributed by atoms with Crippen molar-refractivity contribution in [2.45, 2.75) is 0 Å². The molecule has 14 heavy (non-hydrogen) atoms. The SMILES string of the molecule is COS(=O)(=O)Oc1cc(Br)cnc1Cl. The molecule has 0 atom stereocenters. The Morgan fingerprint density at radius 3 is 2.79 bits per heavy atom. The van der Waals surface area contributed by atoms with Crippen molar-refractivity contribution in [2.75, 3.05) is 7.11 Å². The van der Waals surface area contributed by atoms with Gasteiger partial charge in [-0.3, -0.25) is 0 Å². The third kappa shape index (κ3) is 3.09. The molecule has 0 spiro atoms. The smallest absolute Gasteiger partial charge is 0.358 e. The minimum Gasteiger partial charge on any atom is -0.358 e. The van der Waals surface area contributed by atoms with Crippen LogP contribution in [0, 0.1) is 0 Å². The lowest BCUT2D eigenvalue weighted by Crippen LogP contribution is -2.11. The molecule has 0 fully saturated rings. The number of rotatable bonds is 3. The molecule has 1 heterocycles. The summed E-state index contributed by atoms with van der Waals surface area (Å²) >= 11 is 8.67. The summed E-state index contributed by atoms with van der Waals surface area (Å²) in [6, 6.07) is 1.37. The summed E-state index contributed by atoms with van der Waals surface area (Å²) in [6.45, 7) is 0. The van der Waals surface area contributed by atoms with Crippen molar-refractivity contribution in [2.24, 2.45) is 0 Å². The van der Waals surface area contributed by atoms with Crippen molar-refractivity contribution in [3.05, 3.63) is 21.9 Å². The first-order chi connectivity index (χ1) is 6.44. The average Bonchev–Trinajstić information content (AvgIpc) is 2.11. The Bertz CT molecular complexity index is 435. The zero-order valence-corrected chi connectivity index (χ0v) is 10.1. The van der Waals surface area contributed by atoms with E-state index in [0.29, 0.717) is 4.47 Å². The van der Waals surface area contributed by atoms with Crippen molar-refractivity contribution in [3.63, 3.8) is 0 Å². The fourth-order valence-corrected chi connectivity index (χ4v) is 1.52. The molecular formula is C6H5BrClNO4S. The predicted molar refractivity (Wildman–Crippen MR) is 53.5 cm³/mol. The van der Waals surface area contributed by atoms with Gasteiger partial charge in [0.1, 0.15) is 0 Å². The van der Waals surface area contributed by atoms with E-state index in [2.05, 4.69) is 29.3 Å². The van der Waals surface area contributed by atoms with Gasteiger partial charge in [-0.1, -0.05) is 11.6 Å². The maximum absolute atomic E-state index is 10.9. The van der Waals surface area contributed by atoms with Crippen LogP contribution in [0.1, 0.15) is 0 Å². The van der Waals surface area contributed by atoms with Gasteiger partial charge in [-0.2, -0.15) is 8.42 Å². The molecule has 0 aliphatic rings. The van der Waals surface area contributed by atoms with Gasteiger partial charge in [0.15, 0.2) is 10.9 Å². The molecule has 0 amide bonds. The van der Waals surface area contributed by atoms with Crippen molar-refractivity contribution >= 4 is 37.9 Å². The third-order valence-electron chi connectivity index (χ3n) is 1.17. The van der Waals surface area contributed by atoms with Crippen LogP contribution in [0.25, 0.3) is 0 Å². The molecule has 78 valence electrons. The van der Waals surface area contributed by atoms with Gasteiger partial charge in [-0.15, -0.1) is 0 Å². The highest BCUT2D eigenvalue weighted by Crippen LogP contribution is 2.26. The van der Waals surface area contributed by atoms with Crippen LogP contribution < -0.4 is 4.18 Å². The second-order valence-electron chi connectivity index (χ2n) is 2.10. The number of aromatic nitrogens is 1. The summed E-state index contributed by atoms with van der Waals surface area (Å²) in [5.41, 5.74) is 0. The van der Waals surface area contributed by atoms with E-state index < -0.39 is 10.4 Å². The van der Waals surface area contributed by atoms with Gasteiger partial charge in [0.25, 0.3) is 0 Å². The molecule has 0 saturated heterocycles. The van der Waals surface area contributed by atoms with Gasteiger partial charge in [0.2, 0.25) is 0 Å². The summed E-state index contributed by atoms with van der Waals surface area (Å²) in [5, 5.41) is -0.0613. The highest BCUT2D eigenvalue weighted by Gasteiger charge is 2.14. The normalized spacial score (nSPS) is 11.4. The first-order valence-electron chi connectivity index (χ1n) is 3.25. The molecule has 1 rings (SSSR count). The van der Waals surface area contributed by atoms with Crippen molar-refractivity contribution < 1.29 is 16.8 Å². The number of hydrogen-bond donors (Lipinski definition) is 0. The van der Waals surface area contributed by atoms with Crippen molar-refractivity contribution in [1.82, 2.24) is 4.98 Å². The van der Waals surface area contributed by atoms with Crippen LogP contribution in [-0.2, 0) is 14.6 Å². The lowest BCUT2D eigenvalue weighted by atomic mass is 10.5. The van der Waals surface area contributed by atoms with Gasteiger partial charge in [0, 0.05) is 16.7 Å². The Morgan fingerprint density at radius 2 is 2.21 bits per heavy atom. The Balaban J connectivity index is 3.03. The Labute approximate surface area is 94.5 Å². The molecular weight excluding hydrogens is 297 g/mol. The molecule has 1 aromatic rings. The lowest BCUT2D eigenvalue weighted by molar-refractivity contribution is 0.330. The quantitative estimate of drug-likeness (QED) is 0.796. The van der Waals surface area contributed by atoms with Crippen LogP contribution >= 0.6 is 27.5 Å². The summed E-state index contributed by atoms with van der Waals surface area (Å²) in [5.74, 6) is -0.0945. The lowest BCUT2D eigenvalue weighted by Gasteiger charge is -2.05. The van der Waals surface area contributed by atoms with Crippen LogP contribution in [0.15, 0.2) is 16.7 Å². The standard InChI is InChI=1S/C6H5BrClNO4S/c1-12-14(10,11)13-5-2-4(7)3-9-6(5)8/h2-3H,1H3. The van der Waals surface area contributed by atoms with Gasteiger partial charge >= 0.3 is 10.4 Å². The second kappa shape index (κ2) is 4.43. The molecule has 8 heteroatoms. The Hall–Kier alpha value is -0.370. The van der Waals surface area contributed by atoms with E-state index in [1.54, 1.807) is 0 Å². The molecule has 0 unspecified atom stereocenters. The van der Waals surface area contributed by atoms with Gasteiger partial charge < -0.3 is 4.18 Å². The molecule has 0 radical (unpaired) electrons. The largest absolute Gasteiger partial charge is 0.448 e. The topological polar surface area (TPSA) is 65.5 Å². The van der Waals surface area contributed by atoms with E-state index in [4.69, 9.17) is 11.6 Å². The molecule has 0 saturated carbocycles. The fraction of sp³-hybridized carbons (Fsp3) is 0.167. The van der Waals surface area contributed by atoms with Crippen LogP contribution in [0.2, 0.25) is 5.15 Å². The second-order valence-corrected chi connectivity index (χ2v) is 4.69. The third-order valence-corrected chi connectivity index (χ3v) is 2.68. The van der Waals surface area contributed by atoms with E-state index in [-0.39, 0.29) is 10.9 Å². The monoisotopic (exact) mass is 301 g/mol. The first kappa shape index (κ1) is 11.7. The summed E-state index contributed by atoms with van der Waals surface area (Å²) in [4.78, 5) is 3.67. The van der Waals surface area contributed by atoms with Gasteiger partial charge in [-0.25, -0.2) is 9.17 Å². The summed E-state index contributed by atoms with van der Waals surface area (Å²) in [7, 11) is -3.08. The number of pyridine rings is 1. The van der Waals surface area contributed by atoms with E-state index in [1.807, 2.05) is 0 Å². The van der Waals surface area contributed by atoms with Crippen molar-refractivity contribution in [3.8, 4) is 5.75 Å². The maximum Gasteiger partial charge on any atom is 0.448 e. The molecule has 0 N–H and O–H groups in total. The summed E-state index contributed by atoms with van der Waals surface area (Å²) in [6.07, 6.45) is 1.41. The maximum atomic E-state index is 10.9.